The van der Waals surface area contributed by atoms with Crippen LogP contribution in [-0.4, -0.2) is 31.3 Å². The highest BCUT2D eigenvalue weighted by Gasteiger charge is 2.34. The van der Waals surface area contributed by atoms with Crippen molar-refractivity contribution in [2.24, 2.45) is 11.8 Å². The average molecular weight is 252 g/mol. The molecule has 6 nitrogen and oxygen atoms in total. The Hall–Kier alpha value is -1.46. The second kappa shape index (κ2) is 5.04. The summed E-state index contributed by atoms with van der Waals surface area (Å²) in [5.41, 5.74) is 0. The van der Waals surface area contributed by atoms with Crippen LogP contribution >= 0.6 is 0 Å². The van der Waals surface area contributed by atoms with Gasteiger partial charge in [0.05, 0.1) is 12.5 Å². The summed E-state index contributed by atoms with van der Waals surface area (Å²) in [7, 11) is 0. The Bertz CT molecular complexity index is 425. The van der Waals surface area contributed by atoms with E-state index in [0.29, 0.717) is 11.8 Å². The summed E-state index contributed by atoms with van der Waals surface area (Å²) in [6.07, 6.45) is 2.51. The fourth-order valence-electron chi connectivity index (χ4n) is 2.33. The molecule has 1 heterocycles. The Morgan fingerprint density at radius 3 is 2.61 bits per heavy atom. The zero-order valence-electron chi connectivity index (χ0n) is 11.1. The first-order valence-electron chi connectivity index (χ1n) is 6.50. The molecular formula is C12H20N4O2. The van der Waals surface area contributed by atoms with Crippen molar-refractivity contribution in [1.29, 1.82) is 0 Å². The number of nitrogens with zero attached hydrogens (tertiary/aromatic N) is 4. The maximum atomic E-state index is 11.0. The van der Waals surface area contributed by atoms with Gasteiger partial charge in [-0.15, -0.1) is 5.10 Å². The van der Waals surface area contributed by atoms with E-state index in [1.54, 1.807) is 4.68 Å². The quantitative estimate of drug-likeness (QED) is 0.835. The molecule has 1 aromatic rings. The Labute approximate surface area is 106 Å². The van der Waals surface area contributed by atoms with Crippen LogP contribution in [-0.2, 0) is 4.79 Å². The molecule has 1 aliphatic carbocycles. The van der Waals surface area contributed by atoms with Crippen molar-refractivity contribution >= 4 is 5.97 Å². The first-order valence-corrected chi connectivity index (χ1v) is 6.50. The summed E-state index contributed by atoms with van der Waals surface area (Å²) in [5, 5.41) is 20.8. The van der Waals surface area contributed by atoms with E-state index in [-0.39, 0.29) is 18.4 Å². The van der Waals surface area contributed by atoms with Crippen molar-refractivity contribution < 1.29 is 9.90 Å². The van der Waals surface area contributed by atoms with Gasteiger partial charge in [-0.2, -0.15) is 0 Å². The van der Waals surface area contributed by atoms with Crippen molar-refractivity contribution in [3.8, 4) is 0 Å². The fraction of sp³-hybridized carbons (Fsp3) is 0.833. The Balaban J connectivity index is 2.24. The molecule has 0 bridgehead atoms. The van der Waals surface area contributed by atoms with Crippen molar-refractivity contribution in [2.45, 2.75) is 52.0 Å². The number of hydrogen-bond acceptors (Lipinski definition) is 4. The zero-order chi connectivity index (χ0) is 13.3. The summed E-state index contributed by atoms with van der Waals surface area (Å²) in [5.74, 6) is 1.18. The highest BCUT2D eigenvalue weighted by molar-refractivity contribution is 5.67. The van der Waals surface area contributed by atoms with E-state index in [1.165, 1.54) is 12.8 Å². The number of tetrazole rings is 1. The summed E-state index contributed by atoms with van der Waals surface area (Å²) in [6.45, 7) is 6.12. The number of hydrogen-bond donors (Lipinski definition) is 1. The number of carboxylic acid groups (broad SMARTS) is 1. The highest BCUT2D eigenvalue weighted by Crippen LogP contribution is 2.42. The normalized spacial score (nSPS) is 18.9. The van der Waals surface area contributed by atoms with Gasteiger partial charge in [0.15, 0.2) is 5.82 Å². The van der Waals surface area contributed by atoms with E-state index in [0.717, 1.165) is 5.82 Å². The van der Waals surface area contributed by atoms with Crippen LogP contribution in [0.2, 0.25) is 0 Å². The number of carbonyl (C=O) groups is 1. The monoisotopic (exact) mass is 252 g/mol. The van der Waals surface area contributed by atoms with Crippen LogP contribution in [0.15, 0.2) is 0 Å². The molecule has 1 fully saturated rings. The lowest BCUT2D eigenvalue weighted by atomic mass is 9.99. The SMILES string of the molecule is CC(C)C(CC(=O)O)n1nnnc1C(C)C1CC1. The molecule has 0 aromatic carbocycles. The zero-order valence-corrected chi connectivity index (χ0v) is 11.1. The maximum Gasteiger partial charge on any atom is 0.305 e. The molecule has 0 spiro atoms. The van der Waals surface area contributed by atoms with Gasteiger partial charge < -0.3 is 5.11 Å². The van der Waals surface area contributed by atoms with Gasteiger partial charge in [0, 0.05) is 5.92 Å². The van der Waals surface area contributed by atoms with Gasteiger partial charge in [0.25, 0.3) is 0 Å². The van der Waals surface area contributed by atoms with Crippen LogP contribution in [0.25, 0.3) is 0 Å². The molecule has 2 unspecified atom stereocenters. The van der Waals surface area contributed by atoms with Gasteiger partial charge >= 0.3 is 5.97 Å². The molecule has 0 radical (unpaired) electrons. The molecule has 1 saturated carbocycles. The molecule has 1 aromatic heterocycles. The lowest BCUT2D eigenvalue weighted by Gasteiger charge is -2.21. The third-order valence-corrected chi connectivity index (χ3v) is 3.72. The molecule has 100 valence electrons. The van der Waals surface area contributed by atoms with Gasteiger partial charge in [-0.1, -0.05) is 20.8 Å². The third kappa shape index (κ3) is 2.68. The molecule has 1 aliphatic rings. The minimum atomic E-state index is -0.811. The van der Waals surface area contributed by atoms with Gasteiger partial charge in [-0.3, -0.25) is 4.79 Å². The molecule has 18 heavy (non-hydrogen) atoms. The molecule has 6 heteroatoms. The summed E-state index contributed by atoms with van der Waals surface area (Å²) in [6, 6.07) is -0.173. The molecule has 0 saturated heterocycles. The number of carboxylic acids is 1. The molecule has 2 atom stereocenters. The van der Waals surface area contributed by atoms with Crippen molar-refractivity contribution in [2.75, 3.05) is 0 Å². The van der Waals surface area contributed by atoms with Crippen molar-refractivity contribution in [1.82, 2.24) is 20.2 Å². The largest absolute Gasteiger partial charge is 0.481 e. The lowest BCUT2D eigenvalue weighted by Crippen LogP contribution is -2.23. The number of aromatic nitrogens is 4. The van der Waals surface area contributed by atoms with Crippen LogP contribution in [0.5, 0.6) is 0 Å². The van der Waals surface area contributed by atoms with E-state index < -0.39 is 5.97 Å². The summed E-state index contributed by atoms with van der Waals surface area (Å²) >= 11 is 0. The van der Waals surface area contributed by atoms with Crippen LogP contribution in [0.1, 0.15) is 57.8 Å². The fourth-order valence-corrected chi connectivity index (χ4v) is 2.33. The first kappa shape index (κ1) is 13.0. The summed E-state index contributed by atoms with van der Waals surface area (Å²) < 4.78 is 1.72. The van der Waals surface area contributed by atoms with Gasteiger partial charge in [0.2, 0.25) is 0 Å². The predicted molar refractivity (Wildman–Crippen MR) is 65.1 cm³/mol. The van der Waals surface area contributed by atoms with Crippen LogP contribution in [0, 0.1) is 11.8 Å². The van der Waals surface area contributed by atoms with Gasteiger partial charge in [-0.25, -0.2) is 4.68 Å². The second-order valence-electron chi connectivity index (χ2n) is 5.52. The topological polar surface area (TPSA) is 80.9 Å². The standard InChI is InChI=1S/C12H20N4O2/c1-7(2)10(6-11(17)18)16-12(13-14-15-16)8(3)9-4-5-9/h7-10H,4-6H2,1-3H3,(H,17,18). The van der Waals surface area contributed by atoms with Crippen molar-refractivity contribution in [3.63, 3.8) is 0 Å². The maximum absolute atomic E-state index is 11.0. The van der Waals surface area contributed by atoms with E-state index in [9.17, 15) is 4.79 Å². The lowest BCUT2D eigenvalue weighted by molar-refractivity contribution is -0.138. The Morgan fingerprint density at radius 1 is 1.44 bits per heavy atom. The average Bonchev–Trinajstić information content (AvgIpc) is 3.02. The van der Waals surface area contributed by atoms with E-state index in [1.807, 2.05) is 13.8 Å². The molecule has 1 N–H and O–H groups in total. The highest BCUT2D eigenvalue weighted by atomic mass is 16.4. The Kier molecular flexibility index (Phi) is 3.63. The van der Waals surface area contributed by atoms with E-state index in [4.69, 9.17) is 5.11 Å². The molecule has 2 rings (SSSR count). The first-order chi connectivity index (χ1) is 8.50. The minimum absolute atomic E-state index is 0.0626. The third-order valence-electron chi connectivity index (χ3n) is 3.72. The predicted octanol–water partition coefficient (Wildman–Crippen LogP) is 1.86. The van der Waals surface area contributed by atoms with Gasteiger partial charge in [-0.05, 0) is 35.1 Å². The van der Waals surface area contributed by atoms with Crippen molar-refractivity contribution in [3.05, 3.63) is 5.82 Å². The van der Waals surface area contributed by atoms with E-state index >= 15 is 0 Å². The number of rotatable bonds is 6. The van der Waals surface area contributed by atoms with Crippen LogP contribution in [0.3, 0.4) is 0 Å². The smallest absolute Gasteiger partial charge is 0.305 e. The number of aliphatic carboxylic acids is 1. The summed E-state index contributed by atoms with van der Waals surface area (Å²) in [4.78, 5) is 11.0. The second-order valence-corrected chi connectivity index (χ2v) is 5.52. The molecule has 0 amide bonds. The van der Waals surface area contributed by atoms with E-state index in [2.05, 4.69) is 22.4 Å². The Morgan fingerprint density at radius 2 is 2.11 bits per heavy atom. The van der Waals surface area contributed by atoms with Gasteiger partial charge in [0.1, 0.15) is 0 Å². The minimum Gasteiger partial charge on any atom is -0.481 e. The molecular weight excluding hydrogens is 232 g/mol. The molecule has 0 aliphatic heterocycles. The van der Waals surface area contributed by atoms with Crippen LogP contribution in [0.4, 0.5) is 0 Å². The van der Waals surface area contributed by atoms with Crippen LogP contribution < -0.4 is 0 Å².